The van der Waals surface area contributed by atoms with Crippen molar-refractivity contribution in [2.45, 2.75) is 13.8 Å². The quantitative estimate of drug-likeness (QED) is 0.686. The van der Waals surface area contributed by atoms with E-state index in [9.17, 15) is 4.79 Å². The summed E-state index contributed by atoms with van der Waals surface area (Å²) < 4.78 is 1.21. The van der Waals surface area contributed by atoms with Gasteiger partial charge in [-0.05, 0) is 35.9 Å². The molecule has 72 valence electrons. The first kappa shape index (κ1) is 8.61. The molecular weight excluding hydrogens is 182 g/mol. The summed E-state index contributed by atoms with van der Waals surface area (Å²) in [5.41, 5.74) is 2.02. The standard InChI is InChI=1S/C8H9N5O/c1-5-3-4-9-6(2)7(5)13-8(14)10-11-12-13/h3-4H,1-2H3,(H,10,12,14). The molecule has 2 rings (SSSR count). The third kappa shape index (κ3) is 1.20. The lowest BCUT2D eigenvalue weighted by molar-refractivity contribution is 0.766. The average Bonchev–Trinajstić information content (AvgIpc) is 2.52. The van der Waals surface area contributed by atoms with Gasteiger partial charge in [0.15, 0.2) is 0 Å². The van der Waals surface area contributed by atoms with Crippen LogP contribution in [0, 0.1) is 13.8 Å². The number of hydrogen-bond acceptors (Lipinski definition) is 4. The Morgan fingerprint density at radius 2 is 2.21 bits per heavy atom. The van der Waals surface area contributed by atoms with E-state index in [2.05, 4.69) is 20.5 Å². The van der Waals surface area contributed by atoms with E-state index in [-0.39, 0.29) is 5.69 Å². The lowest BCUT2D eigenvalue weighted by Gasteiger charge is -2.05. The average molecular weight is 191 g/mol. The first-order chi connectivity index (χ1) is 6.70. The monoisotopic (exact) mass is 191 g/mol. The molecule has 6 nitrogen and oxygen atoms in total. The van der Waals surface area contributed by atoms with Gasteiger partial charge in [0.25, 0.3) is 0 Å². The summed E-state index contributed by atoms with van der Waals surface area (Å²) >= 11 is 0. The van der Waals surface area contributed by atoms with Gasteiger partial charge < -0.3 is 0 Å². The van der Waals surface area contributed by atoms with Crippen molar-refractivity contribution in [2.75, 3.05) is 0 Å². The molecule has 0 bridgehead atoms. The van der Waals surface area contributed by atoms with Gasteiger partial charge in [0.05, 0.1) is 11.4 Å². The zero-order chi connectivity index (χ0) is 10.1. The van der Waals surface area contributed by atoms with E-state index in [1.165, 1.54) is 4.68 Å². The number of hydrogen-bond donors (Lipinski definition) is 1. The Bertz CT molecular complexity index is 492. The Balaban J connectivity index is 2.74. The van der Waals surface area contributed by atoms with Crippen molar-refractivity contribution >= 4 is 0 Å². The second-order valence-corrected chi connectivity index (χ2v) is 2.98. The van der Waals surface area contributed by atoms with Gasteiger partial charge in [-0.3, -0.25) is 4.98 Å². The van der Waals surface area contributed by atoms with Crippen LogP contribution in [-0.4, -0.2) is 25.2 Å². The normalized spacial score (nSPS) is 10.4. The molecule has 14 heavy (non-hydrogen) atoms. The van der Waals surface area contributed by atoms with Crippen molar-refractivity contribution in [1.82, 2.24) is 25.2 Å². The van der Waals surface area contributed by atoms with Gasteiger partial charge in [-0.2, -0.15) is 4.68 Å². The van der Waals surface area contributed by atoms with Gasteiger partial charge in [0, 0.05) is 6.20 Å². The molecule has 2 aromatic heterocycles. The fraction of sp³-hybridized carbons (Fsp3) is 0.250. The van der Waals surface area contributed by atoms with Gasteiger partial charge in [0.1, 0.15) is 0 Å². The molecule has 0 aliphatic rings. The van der Waals surface area contributed by atoms with E-state index in [1.807, 2.05) is 19.9 Å². The summed E-state index contributed by atoms with van der Waals surface area (Å²) in [6.45, 7) is 3.72. The zero-order valence-electron chi connectivity index (χ0n) is 7.85. The van der Waals surface area contributed by atoms with Crippen molar-refractivity contribution in [1.29, 1.82) is 0 Å². The third-order valence-electron chi connectivity index (χ3n) is 1.99. The maximum Gasteiger partial charge on any atom is 0.365 e. The van der Waals surface area contributed by atoms with Crippen LogP contribution >= 0.6 is 0 Å². The number of aromatic nitrogens is 5. The molecule has 0 spiro atoms. The summed E-state index contributed by atoms with van der Waals surface area (Å²) in [6.07, 6.45) is 1.69. The summed E-state index contributed by atoms with van der Waals surface area (Å²) in [7, 11) is 0. The van der Waals surface area contributed by atoms with Crippen LogP contribution in [-0.2, 0) is 0 Å². The fourth-order valence-corrected chi connectivity index (χ4v) is 1.35. The van der Waals surface area contributed by atoms with E-state index >= 15 is 0 Å². The van der Waals surface area contributed by atoms with Crippen LogP contribution in [0.4, 0.5) is 0 Å². The Morgan fingerprint density at radius 3 is 2.79 bits per heavy atom. The highest BCUT2D eigenvalue weighted by molar-refractivity contribution is 5.41. The van der Waals surface area contributed by atoms with Gasteiger partial charge in [0.2, 0.25) is 0 Å². The van der Waals surface area contributed by atoms with Crippen LogP contribution in [0.5, 0.6) is 0 Å². The largest absolute Gasteiger partial charge is 0.365 e. The molecule has 0 amide bonds. The molecule has 0 unspecified atom stereocenters. The minimum absolute atomic E-state index is 0.357. The molecule has 0 saturated heterocycles. The summed E-state index contributed by atoms with van der Waals surface area (Å²) in [4.78, 5) is 15.4. The van der Waals surface area contributed by atoms with Crippen LogP contribution in [0.3, 0.4) is 0 Å². The predicted molar refractivity (Wildman–Crippen MR) is 49.2 cm³/mol. The first-order valence-electron chi connectivity index (χ1n) is 4.13. The summed E-state index contributed by atoms with van der Waals surface area (Å²) in [6, 6.07) is 1.82. The van der Waals surface area contributed by atoms with Crippen LogP contribution in [0.25, 0.3) is 5.69 Å². The minimum Gasteiger partial charge on any atom is -0.259 e. The lowest BCUT2D eigenvalue weighted by Crippen LogP contribution is -2.18. The smallest absolute Gasteiger partial charge is 0.259 e. The lowest BCUT2D eigenvalue weighted by atomic mass is 10.2. The van der Waals surface area contributed by atoms with Crippen LogP contribution in [0.1, 0.15) is 11.3 Å². The van der Waals surface area contributed by atoms with Crippen molar-refractivity contribution in [3.63, 3.8) is 0 Å². The number of aromatic amines is 1. The molecule has 0 radical (unpaired) electrons. The molecule has 0 aromatic carbocycles. The van der Waals surface area contributed by atoms with Crippen molar-refractivity contribution in [3.05, 3.63) is 34.0 Å². The van der Waals surface area contributed by atoms with Crippen LogP contribution in [0.15, 0.2) is 17.1 Å². The number of aryl methyl sites for hydroxylation is 2. The maximum atomic E-state index is 11.3. The third-order valence-corrected chi connectivity index (χ3v) is 1.99. The van der Waals surface area contributed by atoms with E-state index in [4.69, 9.17) is 0 Å². The summed E-state index contributed by atoms with van der Waals surface area (Å²) in [5, 5.41) is 9.33. The highest BCUT2D eigenvalue weighted by Crippen LogP contribution is 2.12. The van der Waals surface area contributed by atoms with Crippen LogP contribution < -0.4 is 5.69 Å². The number of H-pyrrole nitrogens is 1. The molecular formula is C8H9N5O. The second kappa shape index (κ2) is 3.06. The maximum absolute atomic E-state index is 11.3. The first-order valence-corrected chi connectivity index (χ1v) is 4.13. The molecule has 0 atom stereocenters. The minimum atomic E-state index is -0.357. The van der Waals surface area contributed by atoms with Gasteiger partial charge in [-0.1, -0.05) is 0 Å². The number of pyridine rings is 1. The molecule has 2 heterocycles. The molecule has 0 aliphatic heterocycles. The molecule has 0 aliphatic carbocycles. The van der Waals surface area contributed by atoms with Crippen molar-refractivity contribution in [2.24, 2.45) is 0 Å². The van der Waals surface area contributed by atoms with Crippen molar-refractivity contribution in [3.8, 4) is 5.69 Å². The van der Waals surface area contributed by atoms with Crippen molar-refractivity contribution < 1.29 is 0 Å². The predicted octanol–water partition coefficient (Wildman–Crippen LogP) is -0.0326. The number of rotatable bonds is 1. The number of nitrogens with one attached hydrogen (secondary N) is 1. The Labute approximate surface area is 79.6 Å². The fourth-order valence-electron chi connectivity index (χ4n) is 1.35. The highest BCUT2D eigenvalue weighted by atomic mass is 16.2. The highest BCUT2D eigenvalue weighted by Gasteiger charge is 2.09. The molecule has 0 saturated carbocycles. The topological polar surface area (TPSA) is 76.5 Å². The Hall–Kier alpha value is -1.98. The van der Waals surface area contributed by atoms with E-state index in [0.717, 1.165) is 11.3 Å². The second-order valence-electron chi connectivity index (χ2n) is 2.98. The Morgan fingerprint density at radius 1 is 1.43 bits per heavy atom. The SMILES string of the molecule is Cc1ccnc(C)c1-n1nn[nH]c1=O. The van der Waals surface area contributed by atoms with E-state index in [0.29, 0.717) is 5.69 Å². The number of nitrogens with zero attached hydrogens (tertiary/aromatic N) is 4. The molecule has 0 fully saturated rings. The zero-order valence-corrected chi connectivity index (χ0v) is 7.85. The molecule has 2 aromatic rings. The van der Waals surface area contributed by atoms with Gasteiger partial charge in [-0.25, -0.2) is 9.89 Å². The van der Waals surface area contributed by atoms with Gasteiger partial charge >= 0.3 is 5.69 Å². The van der Waals surface area contributed by atoms with Crippen LogP contribution in [0.2, 0.25) is 0 Å². The molecule has 1 N–H and O–H groups in total. The number of tetrazole rings is 1. The Kier molecular flexibility index (Phi) is 1.88. The van der Waals surface area contributed by atoms with E-state index < -0.39 is 0 Å². The van der Waals surface area contributed by atoms with Gasteiger partial charge in [-0.15, -0.1) is 0 Å². The summed E-state index contributed by atoms with van der Waals surface area (Å²) in [5.74, 6) is 0. The van der Waals surface area contributed by atoms with E-state index in [1.54, 1.807) is 6.20 Å². The molecule has 6 heteroatoms.